The maximum Gasteiger partial charge on any atom is -0.0174 e. The average Bonchev–Trinajstić information content (AvgIpc) is 1.81. The minimum Gasteiger partial charge on any atom is -0.103 e. The van der Waals surface area contributed by atoms with Crippen LogP contribution < -0.4 is 0 Å². The molecule has 0 nitrogen and oxygen atoms in total. The Morgan fingerprint density at radius 2 is 1.38 bits per heavy atom. The van der Waals surface area contributed by atoms with Gasteiger partial charge < -0.3 is 0 Å². The van der Waals surface area contributed by atoms with Gasteiger partial charge in [-0.15, -0.1) is 6.58 Å². The number of hydrogen-bond donors (Lipinski definition) is 0. The van der Waals surface area contributed by atoms with Crippen molar-refractivity contribution >= 4 is 7.92 Å². The van der Waals surface area contributed by atoms with Crippen molar-refractivity contribution in [2.24, 2.45) is 0 Å². The SMILES string of the molecule is C=CCCP(C(C)(C)C)C(C)(C)C. The smallest absolute Gasteiger partial charge is 0.0174 e. The molecule has 0 aliphatic carbocycles. The zero-order chi connectivity index (χ0) is 10.7. The van der Waals surface area contributed by atoms with Gasteiger partial charge in [0.2, 0.25) is 0 Å². The Bertz CT molecular complexity index is 143. The molecule has 0 aromatic carbocycles. The molecular formula is C12H25P. The van der Waals surface area contributed by atoms with E-state index in [2.05, 4.69) is 48.1 Å². The van der Waals surface area contributed by atoms with Crippen molar-refractivity contribution in [2.45, 2.75) is 58.3 Å². The van der Waals surface area contributed by atoms with E-state index in [1.807, 2.05) is 6.08 Å². The summed E-state index contributed by atoms with van der Waals surface area (Å²) in [7, 11) is 0.0801. The second-order valence-electron chi connectivity index (χ2n) is 5.57. The van der Waals surface area contributed by atoms with Crippen LogP contribution in [0.1, 0.15) is 48.0 Å². The fourth-order valence-electron chi connectivity index (χ4n) is 1.90. The first-order valence-electron chi connectivity index (χ1n) is 5.08. The van der Waals surface area contributed by atoms with Crippen molar-refractivity contribution in [1.29, 1.82) is 0 Å². The maximum atomic E-state index is 3.81. The summed E-state index contributed by atoms with van der Waals surface area (Å²) in [6, 6.07) is 0. The van der Waals surface area contributed by atoms with Gasteiger partial charge in [0.15, 0.2) is 0 Å². The van der Waals surface area contributed by atoms with Crippen molar-refractivity contribution in [3.8, 4) is 0 Å². The monoisotopic (exact) mass is 200 g/mol. The maximum absolute atomic E-state index is 3.81. The fraction of sp³-hybridized carbons (Fsp3) is 0.833. The molecule has 0 rings (SSSR count). The van der Waals surface area contributed by atoms with E-state index in [1.165, 1.54) is 12.6 Å². The van der Waals surface area contributed by atoms with Crippen LogP contribution >= 0.6 is 7.92 Å². The predicted molar refractivity (Wildman–Crippen MR) is 66.1 cm³/mol. The Hall–Kier alpha value is 0.170. The Kier molecular flexibility index (Phi) is 4.66. The number of allylic oxidation sites excluding steroid dienone is 1. The average molecular weight is 200 g/mol. The molecule has 0 aliphatic rings. The molecule has 0 amide bonds. The van der Waals surface area contributed by atoms with Gasteiger partial charge in [-0.1, -0.05) is 55.5 Å². The molecule has 0 unspecified atom stereocenters. The van der Waals surface area contributed by atoms with E-state index in [4.69, 9.17) is 0 Å². The van der Waals surface area contributed by atoms with Crippen molar-refractivity contribution < 1.29 is 0 Å². The number of rotatable bonds is 3. The lowest BCUT2D eigenvalue weighted by Gasteiger charge is -2.41. The van der Waals surface area contributed by atoms with E-state index in [0.717, 1.165) is 0 Å². The van der Waals surface area contributed by atoms with Crippen LogP contribution in [-0.2, 0) is 0 Å². The molecule has 0 aliphatic heterocycles. The first-order chi connectivity index (χ1) is 5.69. The molecule has 0 saturated heterocycles. The van der Waals surface area contributed by atoms with Crippen LogP contribution in [0.2, 0.25) is 0 Å². The van der Waals surface area contributed by atoms with Crippen LogP contribution in [0.15, 0.2) is 12.7 Å². The van der Waals surface area contributed by atoms with Crippen LogP contribution in [0.25, 0.3) is 0 Å². The zero-order valence-corrected chi connectivity index (χ0v) is 11.0. The van der Waals surface area contributed by atoms with Crippen molar-refractivity contribution in [1.82, 2.24) is 0 Å². The highest BCUT2D eigenvalue weighted by Gasteiger charge is 2.32. The third-order valence-electron chi connectivity index (χ3n) is 2.18. The third kappa shape index (κ3) is 4.81. The van der Waals surface area contributed by atoms with E-state index >= 15 is 0 Å². The highest BCUT2D eigenvalue weighted by atomic mass is 31.1. The predicted octanol–water partition coefficient (Wildman–Crippen LogP) is 4.64. The second-order valence-corrected chi connectivity index (χ2v) is 9.56. The Morgan fingerprint density at radius 3 is 1.62 bits per heavy atom. The Morgan fingerprint density at radius 1 is 1.00 bits per heavy atom. The summed E-state index contributed by atoms with van der Waals surface area (Å²) in [5, 5.41) is 0.938. The highest BCUT2D eigenvalue weighted by molar-refractivity contribution is 7.60. The van der Waals surface area contributed by atoms with Gasteiger partial charge in [0, 0.05) is 0 Å². The summed E-state index contributed by atoms with van der Waals surface area (Å²) >= 11 is 0. The van der Waals surface area contributed by atoms with Crippen molar-refractivity contribution in [3.05, 3.63) is 12.7 Å². The van der Waals surface area contributed by atoms with E-state index in [-0.39, 0.29) is 7.92 Å². The topological polar surface area (TPSA) is 0 Å². The van der Waals surface area contributed by atoms with Crippen LogP contribution in [0.4, 0.5) is 0 Å². The zero-order valence-electron chi connectivity index (χ0n) is 10.1. The Balaban J connectivity index is 4.47. The fourth-order valence-corrected chi connectivity index (χ4v) is 5.69. The van der Waals surface area contributed by atoms with E-state index in [0.29, 0.717) is 10.3 Å². The molecule has 78 valence electrons. The quantitative estimate of drug-likeness (QED) is 0.460. The van der Waals surface area contributed by atoms with Gasteiger partial charge in [-0.05, 0) is 22.9 Å². The largest absolute Gasteiger partial charge is 0.103 e. The van der Waals surface area contributed by atoms with E-state index in [1.54, 1.807) is 0 Å². The van der Waals surface area contributed by atoms with Gasteiger partial charge in [0.05, 0.1) is 0 Å². The van der Waals surface area contributed by atoms with Gasteiger partial charge in [0.25, 0.3) is 0 Å². The minimum absolute atomic E-state index is 0.0801. The molecule has 0 N–H and O–H groups in total. The van der Waals surface area contributed by atoms with E-state index < -0.39 is 0 Å². The summed E-state index contributed by atoms with van der Waals surface area (Å²) in [4.78, 5) is 0. The van der Waals surface area contributed by atoms with Gasteiger partial charge in [-0.2, -0.15) is 0 Å². The molecular weight excluding hydrogens is 175 g/mol. The number of hydrogen-bond acceptors (Lipinski definition) is 0. The second kappa shape index (κ2) is 4.60. The molecule has 0 aromatic rings. The molecule has 0 heterocycles. The first-order valence-corrected chi connectivity index (χ1v) is 6.61. The Labute approximate surface area is 85.6 Å². The lowest BCUT2D eigenvalue weighted by molar-refractivity contribution is 0.703. The van der Waals surface area contributed by atoms with Gasteiger partial charge in [-0.3, -0.25) is 0 Å². The molecule has 13 heavy (non-hydrogen) atoms. The van der Waals surface area contributed by atoms with Crippen LogP contribution in [0, 0.1) is 0 Å². The molecule has 0 radical (unpaired) electrons. The standard InChI is InChI=1S/C12H25P/c1-8-9-10-13(11(2,3)4)12(5,6)7/h8H,1,9-10H2,2-7H3. The molecule has 0 fully saturated rings. The molecule has 0 aromatic heterocycles. The van der Waals surface area contributed by atoms with Gasteiger partial charge in [0.1, 0.15) is 0 Å². The molecule has 1 heteroatoms. The molecule has 0 atom stereocenters. The summed E-state index contributed by atoms with van der Waals surface area (Å²) in [5.74, 6) is 0. The summed E-state index contributed by atoms with van der Waals surface area (Å²) in [6.07, 6.45) is 4.54. The van der Waals surface area contributed by atoms with Crippen LogP contribution in [0.3, 0.4) is 0 Å². The molecule has 0 bridgehead atoms. The summed E-state index contributed by atoms with van der Waals surface area (Å²) in [6.45, 7) is 18.0. The molecule has 0 saturated carbocycles. The first kappa shape index (κ1) is 13.2. The van der Waals surface area contributed by atoms with Gasteiger partial charge >= 0.3 is 0 Å². The third-order valence-corrected chi connectivity index (χ3v) is 6.12. The van der Waals surface area contributed by atoms with Gasteiger partial charge in [-0.25, -0.2) is 0 Å². The lowest BCUT2D eigenvalue weighted by atomic mass is 10.2. The van der Waals surface area contributed by atoms with Crippen molar-refractivity contribution in [3.63, 3.8) is 0 Å². The van der Waals surface area contributed by atoms with Crippen LogP contribution in [0.5, 0.6) is 0 Å². The van der Waals surface area contributed by atoms with E-state index in [9.17, 15) is 0 Å². The molecule has 0 spiro atoms. The van der Waals surface area contributed by atoms with Crippen LogP contribution in [-0.4, -0.2) is 16.5 Å². The minimum atomic E-state index is 0.0801. The highest BCUT2D eigenvalue weighted by Crippen LogP contribution is 2.59. The summed E-state index contributed by atoms with van der Waals surface area (Å²) in [5.41, 5.74) is 0. The summed E-state index contributed by atoms with van der Waals surface area (Å²) < 4.78 is 0. The lowest BCUT2D eigenvalue weighted by Crippen LogP contribution is -2.26. The normalized spacial score (nSPS) is 13.5. The van der Waals surface area contributed by atoms with Crippen molar-refractivity contribution in [2.75, 3.05) is 6.16 Å².